The van der Waals surface area contributed by atoms with Crippen LogP contribution < -0.4 is 4.90 Å². The summed E-state index contributed by atoms with van der Waals surface area (Å²) in [5.74, 6) is -1.23. The van der Waals surface area contributed by atoms with Gasteiger partial charge < -0.3 is 15.1 Å². The summed E-state index contributed by atoms with van der Waals surface area (Å²) in [6.07, 6.45) is -1.44. The fraction of sp³-hybridized carbons (Fsp3) is 0.417. The molecule has 1 atom stereocenters. The number of hydrogen-bond acceptors (Lipinski definition) is 3. The summed E-state index contributed by atoms with van der Waals surface area (Å²) in [7, 11) is 0. The van der Waals surface area contributed by atoms with E-state index in [2.05, 4.69) is 18.7 Å². The average molecular weight is 223 g/mol. The van der Waals surface area contributed by atoms with Gasteiger partial charge in [-0.3, -0.25) is 0 Å². The van der Waals surface area contributed by atoms with Gasteiger partial charge in [0, 0.05) is 18.8 Å². The Kier molecular flexibility index (Phi) is 4.31. The zero-order chi connectivity index (χ0) is 12.1. The van der Waals surface area contributed by atoms with E-state index in [0.29, 0.717) is 5.56 Å². The monoisotopic (exact) mass is 223 g/mol. The van der Waals surface area contributed by atoms with E-state index in [1.165, 1.54) is 0 Å². The molecule has 0 bridgehead atoms. The summed E-state index contributed by atoms with van der Waals surface area (Å²) >= 11 is 0. The van der Waals surface area contributed by atoms with Crippen molar-refractivity contribution < 1.29 is 15.0 Å². The third-order valence-corrected chi connectivity index (χ3v) is 2.57. The first kappa shape index (κ1) is 12.5. The molecule has 0 spiro atoms. The van der Waals surface area contributed by atoms with Crippen molar-refractivity contribution in [3.63, 3.8) is 0 Å². The molecule has 1 aromatic carbocycles. The zero-order valence-electron chi connectivity index (χ0n) is 9.55. The maximum absolute atomic E-state index is 10.6. The van der Waals surface area contributed by atoms with Crippen LogP contribution in [0.15, 0.2) is 24.3 Å². The molecule has 0 heterocycles. The second kappa shape index (κ2) is 5.51. The first-order valence-corrected chi connectivity index (χ1v) is 5.35. The van der Waals surface area contributed by atoms with Crippen molar-refractivity contribution in [2.45, 2.75) is 20.0 Å². The third kappa shape index (κ3) is 2.73. The number of aliphatic hydroxyl groups excluding tert-OH is 1. The van der Waals surface area contributed by atoms with Gasteiger partial charge in [-0.05, 0) is 31.5 Å². The van der Waals surface area contributed by atoms with Crippen molar-refractivity contribution in [2.24, 2.45) is 0 Å². The molecule has 1 unspecified atom stereocenters. The number of carboxylic acid groups (broad SMARTS) is 1. The van der Waals surface area contributed by atoms with Gasteiger partial charge >= 0.3 is 5.97 Å². The maximum atomic E-state index is 10.6. The summed E-state index contributed by atoms with van der Waals surface area (Å²) in [5.41, 5.74) is 1.44. The molecule has 2 N–H and O–H groups in total. The van der Waals surface area contributed by atoms with E-state index in [1.807, 2.05) is 12.1 Å². The second-order valence-corrected chi connectivity index (χ2v) is 3.50. The Hall–Kier alpha value is -1.55. The number of carbonyl (C=O) groups is 1. The van der Waals surface area contributed by atoms with Gasteiger partial charge in [-0.15, -0.1) is 0 Å². The lowest BCUT2D eigenvalue weighted by molar-refractivity contribution is -0.146. The van der Waals surface area contributed by atoms with Crippen LogP contribution in [0.4, 0.5) is 5.69 Å². The number of rotatable bonds is 5. The van der Waals surface area contributed by atoms with Crippen molar-refractivity contribution in [3.8, 4) is 0 Å². The van der Waals surface area contributed by atoms with Crippen LogP contribution >= 0.6 is 0 Å². The summed E-state index contributed by atoms with van der Waals surface area (Å²) in [5, 5.41) is 18.0. The largest absolute Gasteiger partial charge is 0.479 e. The number of benzene rings is 1. The van der Waals surface area contributed by atoms with E-state index in [4.69, 9.17) is 5.11 Å². The predicted molar refractivity (Wildman–Crippen MR) is 62.6 cm³/mol. The molecule has 0 fully saturated rings. The highest BCUT2D eigenvalue weighted by molar-refractivity contribution is 5.74. The molecule has 1 aromatic rings. The smallest absolute Gasteiger partial charge is 0.337 e. The molecule has 0 aliphatic carbocycles. The minimum Gasteiger partial charge on any atom is -0.479 e. The van der Waals surface area contributed by atoms with E-state index in [1.54, 1.807) is 12.1 Å². The van der Waals surface area contributed by atoms with Gasteiger partial charge in [0.1, 0.15) is 0 Å². The predicted octanol–water partition coefficient (Wildman–Crippen LogP) is 1.65. The van der Waals surface area contributed by atoms with Gasteiger partial charge in [0.15, 0.2) is 6.10 Å². The quantitative estimate of drug-likeness (QED) is 0.796. The minimum atomic E-state index is -1.44. The standard InChI is InChI=1S/C12H17NO3/c1-3-13(4-2)10-7-5-9(6-8-10)11(14)12(15)16/h5-8,11,14H,3-4H2,1-2H3,(H,15,16). The molecule has 1 rings (SSSR count). The van der Waals surface area contributed by atoms with Crippen LogP contribution in [0, 0.1) is 0 Å². The molecule has 0 amide bonds. The fourth-order valence-corrected chi connectivity index (χ4v) is 1.60. The van der Waals surface area contributed by atoms with E-state index in [0.717, 1.165) is 18.8 Å². The van der Waals surface area contributed by atoms with Crippen molar-refractivity contribution in [2.75, 3.05) is 18.0 Å². The number of aliphatic hydroxyl groups is 1. The van der Waals surface area contributed by atoms with Gasteiger partial charge in [0.05, 0.1) is 0 Å². The number of nitrogens with zero attached hydrogens (tertiary/aromatic N) is 1. The molecule has 0 aliphatic heterocycles. The summed E-state index contributed by atoms with van der Waals surface area (Å²) in [6.45, 7) is 5.92. The van der Waals surface area contributed by atoms with Gasteiger partial charge in [-0.1, -0.05) is 12.1 Å². The van der Waals surface area contributed by atoms with Crippen LogP contribution in [-0.2, 0) is 4.79 Å². The van der Waals surface area contributed by atoms with Crippen LogP contribution in [0.2, 0.25) is 0 Å². The van der Waals surface area contributed by atoms with E-state index in [-0.39, 0.29) is 0 Å². The van der Waals surface area contributed by atoms with Crippen molar-refractivity contribution >= 4 is 11.7 Å². The first-order valence-electron chi connectivity index (χ1n) is 5.35. The van der Waals surface area contributed by atoms with Crippen LogP contribution in [0.3, 0.4) is 0 Å². The van der Waals surface area contributed by atoms with Crippen molar-refractivity contribution in [1.29, 1.82) is 0 Å². The van der Waals surface area contributed by atoms with Gasteiger partial charge in [-0.25, -0.2) is 4.79 Å². The molecular weight excluding hydrogens is 206 g/mol. The van der Waals surface area contributed by atoms with E-state index >= 15 is 0 Å². The Morgan fingerprint density at radius 3 is 2.12 bits per heavy atom. The molecule has 0 aliphatic rings. The average Bonchev–Trinajstić information content (AvgIpc) is 2.30. The van der Waals surface area contributed by atoms with Crippen LogP contribution in [0.5, 0.6) is 0 Å². The lowest BCUT2D eigenvalue weighted by Crippen LogP contribution is -2.21. The maximum Gasteiger partial charge on any atom is 0.337 e. The SMILES string of the molecule is CCN(CC)c1ccc(C(O)C(=O)O)cc1. The molecule has 0 saturated carbocycles. The van der Waals surface area contributed by atoms with Crippen molar-refractivity contribution in [3.05, 3.63) is 29.8 Å². The van der Waals surface area contributed by atoms with Crippen LogP contribution in [0.25, 0.3) is 0 Å². The number of aliphatic carboxylic acids is 1. The van der Waals surface area contributed by atoms with Crippen molar-refractivity contribution in [1.82, 2.24) is 0 Å². The lowest BCUT2D eigenvalue weighted by Gasteiger charge is -2.21. The number of carboxylic acids is 1. The summed E-state index contributed by atoms with van der Waals surface area (Å²) in [6, 6.07) is 6.95. The normalized spacial score (nSPS) is 12.2. The molecule has 16 heavy (non-hydrogen) atoms. The Bertz CT molecular complexity index is 344. The third-order valence-electron chi connectivity index (χ3n) is 2.57. The molecular formula is C12H17NO3. The number of hydrogen-bond donors (Lipinski definition) is 2. The van der Waals surface area contributed by atoms with E-state index < -0.39 is 12.1 Å². The van der Waals surface area contributed by atoms with E-state index in [9.17, 15) is 9.90 Å². The highest BCUT2D eigenvalue weighted by atomic mass is 16.4. The second-order valence-electron chi connectivity index (χ2n) is 3.50. The molecule has 0 aromatic heterocycles. The Morgan fingerprint density at radius 2 is 1.75 bits per heavy atom. The van der Waals surface area contributed by atoms with Gasteiger partial charge in [-0.2, -0.15) is 0 Å². The summed E-state index contributed by atoms with van der Waals surface area (Å²) in [4.78, 5) is 12.7. The highest BCUT2D eigenvalue weighted by Crippen LogP contribution is 2.19. The molecule has 0 saturated heterocycles. The van der Waals surface area contributed by atoms with Gasteiger partial charge in [0.2, 0.25) is 0 Å². The topological polar surface area (TPSA) is 60.8 Å². The number of anilines is 1. The fourth-order valence-electron chi connectivity index (χ4n) is 1.60. The Balaban J connectivity index is 2.86. The molecule has 4 nitrogen and oxygen atoms in total. The van der Waals surface area contributed by atoms with Crippen LogP contribution in [0.1, 0.15) is 25.5 Å². The lowest BCUT2D eigenvalue weighted by atomic mass is 10.1. The molecule has 88 valence electrons. The molecule has 4 heteroatoms. The minimum absolute atomic E-state index is 0.406. The first-order chi connectivity index (χ1) is 7.60. The zero-order valence-corrected chi connectivity index (χ0v) is 9.55. The van der Waals surface area contributed by atoms with Crippen LogP contribution in [-0.4, -0.2) is 29.3 Å². The Morgan fingerprint density at radius 1 is 1.25 bits per heavy atom. The highest BCUT2D eigenvalue weighted by Gasteiger charge is 2.15. The van der Waals surface area contributed by atoms with Gasteiger partial charge in [0.25, 0.3) is 0 Å². The Labute approximate surface area is 95.1 Å². The molecule has 0 radical (unpaired) electrons. The summed E-state index contributed by atoms with van der Waals surface area (Å²) < 4.78 is 0.